The van der Waals surface area contributed by atoms with Crippen LogP contribution in [0.2, 0.25) is 0 Å². The first-order valence-corrected chi connectivity index (χ1v) is 11.2. The van der Waals surface area contributed by atoms with E-state index < -0.39 is 18.3 Å². The van der Waals surface area contributed by atoms with E-state index in [9.17, 15) is 23.8 Å². The van der Waals surface area contributed by atoms with Crippen LogP contribution in [0.5, 0.6) is 23.0 Å². The fraction of sp³-hybridized carbons (Fsp3) is 0.185. The Kier molecular flexibility index (Phi) is 7.28. The van der Waals surface area contributed by atoms with Gasteiger partial charge in [0, 0.05) is 25.2 Å². The van der Waals surface area contributed by atoms with Crippen LogP contribution in [0.15, 0.2) is 66.9 Å². The van der Waals surface area contributed by atoms with E-state index in [0.29, 0.717) is 16.8 Å². The standard InChI is InChI=1S/C27H25F2N3O5/c1-16-6-4-5-7-20(16)32-21(10-11-30-32)18-13-19(23(34)14-22(18)33)26(35)31(2)15-17-8-9-24(37-27(28)29)25(12-17)36-3/h4-14,27,33-34H,15H2,1-3H3. The lowest BCUT2D eigenvalue weighted by Crippen LogP contribution is -2.26. The zero-order chi connectivity index (χ0) is 26.7. The van der Waals surface area contributed by atoms with Gasteiger partial charge in [0.25, 0.3) is 5.91 Å². The number of aromatic hydroxyl groups is 2. The molecule has 1 heterocycles. The summed E-state index contributed by atoms with van der Waals surface area (Å²) < 4.78 is 36.4. The predicted octanol–water partition coefficient (Wildman–Crippen LogP) is 5.14. The number of halogens is 2. The Balaban J connectivity index is 1.64. The van der Waals surface area contributed by atoms with E-state index in [1.54, 1.807) is 16.9 Å². The number of rotatable bonds is 8. The molecule has 192 valence electrons. The number of phenols is 2. The number of carbonyl (C=O) groups excluding carboxylic acids is 1. The number of benzene rings is 3. The maximum atomic E-state index is 13.3. The summed E-state index contributed by atoms with van der Waals surface area (Å²) in [5, 5.41) is 25.5. The maximum absolute atomic E-state index is 13.3. The Morgan fingerprint density at radius 1 is 1.05 bits per heavy atom. The number of aromatic nitrogens is 2. The topological polar surface area (TPSA) is 97.1 Å². The van der Waals surface area contributed by atoms with Crippen molar-refractivity contribution in [1.29, 1.82) is 0 Å². The summed E-state index contributed by atoms with van der Waals surface area (Å²) in [5.41, 5.74) is 3.16. The number of carbonyl (C=O) groups is 1. The highest BCUT2D eigenvalue weighted by atomic mass is 19.3. The second-order valence-corrected chi connectivity index (χ2v) is 8.33. The third-order valence-corrected chi connectivity index (χ3v) is 5.82. The van der Waals surface area contributed by atoms with Crippen LogP contribution < -0.4 is 9.47 Å². The normalized spacial score (nSPS) is 11.0. The zero-order valence-electron chi connectivity index (χ0n) is 20.4. The Labute approximate surface area is 211 Å². The minimum atomic E-state index is -3.00. The Morgan fingerprint density at radius 3 is 2.51 bits per heavy atom. The molecule has 2 N–H and O–H groups in total. The van der Waals surface area contributed by atoms with Crippen molar-refractivity contribution in [2.75, 3.05) is 14.2 Å². The summed E-state index contributed by atoms with van der Waals surface area (Å²) in [6.07, 6.45) is 1.58. The molecule has 1 aromatic heterocycles. The van der Waals surface area contributed by atoms with Crippen molar-refractivity contribution in [2.24, 2.45) is 0 Å². The van der Waals surface area contributed by atoms with Crippen molar-refractivity contribution in [3.63, 3.8) is 0 Å². The monoisotopic (exact) mass is 509 g/mol. The number of hydrogen-bond donors (Lipinski definition) is 2. The average Bonchev–Trinajstić information content (AvgIpc) is 3.34. The fourth-order valence-electron chi connectivity index (χ4n) is 4.01. The molecule has 0 aliphatic carbocycles. The number of methoxy groups -OCH3 is 1. The number of alkyl halides is 2. The molecule has 0 saturated heterocycles. The molecule has 0 bridgehead atoms. The van der Waals surface area contributed by atoms with Gasteiger partial charge in [-0.05, 0) is 48.4 Å². The van der Waals surface area contributed by atoms with E-state index in [0.717, 1.165) is 17.3 Å². The van der Waals surface area contributed by atoms with Crippen LogP contribution >= 0.6 is 0 Å². The van der Waals surface area contributed by atoms with Crippen molar-refractivity contribution >= 4 is 5.91 Å². The van der Waals surface area contributed by atoms with Gasteiger partial charge in [-0.2, -0.15) is 13.9 Å². The number of nitrogens with zero attached hydrogens (tertiary/aromatic N) is 3. The number of phenolic OH excluding ortho intramolecular Hbond substituents is 2. The first-order valence-electron chi connectivity index (χ1n) is 11.2. The molecule has 0 saturated carbocycles. The third kappa shape index (κ3) is 5.32. The van der Waals surface area contributed by atoms with Crippen molar-refractivity contribution in [3.8, 4) is 39.9 Å². The van der Waals surface area contributed by atoms with Crippen molar-refractivity contribution in [1.82, 2.24) is 14.7 Å². The molecule has 8 nitrogen and oxygen atoms in total. The molecular formula is C27H25F2N3O5. The Morgan fingerprint density at radius 2 is 1.81 bits per heavy atom. The van der Waals surface area contributed by atoms with Gasteiger partial charge in [-0.15, -0.1) is 0 Å². The summed E-state index contributed by atoms with van der Waals surface area (Å²) in [6, 6.07) is 16.2. The van der Waals surface area contributed by atoms with Crippen LogP contribution in [0.4, 0.5) is 8.78 Å². The van der Waals surface area contributed by atoms with Crippen molar-refractivity contribution < 1.29 is 33.3 Å². The Bertz CT molecular complexity index is 1440. The molecule has 10 heteroatoms. The summed E-state index contributed by atoms with van der Waals surface area (Å²) in [5.74, 6) is -1.16. The van der Waals surface area contributed by atoms with Gasteiger partial charge >= 0.3 is 6.61 Å². The number of hydrogen-bond acceptors (Lipinski definition) is 6. The van der Waals surface area contributed by atoms with Crippen molar-refractivity contribution in [2.45, 2.75) is 20.1 Å². The van der Waals surface area contributed by atoms with Gasteiger partial charge in [-0.3, -0.25) is 4.79 Å². The van der Waals surface area contributed by atoms with E-state index in [1.807, 2.05) is 31.2 Å². The molecule has 0 radical (unpaired) electrons. The van der Waals surface area contributed by atoms with Crippen LogP contribution in [0.3, 0.4) is 0 Å². The minimum absolute atomic E-state index is 0.0301. The van der Waals surface area contributed by atoms with Crippen LogP contribution in [-0.2, 0) is 6.54 Å². The number of ether oxygens (including phenoxy) is 2. The first-order chi connectivity index (χ1) is 17.7. The molecule has 0 aliphatic rings. The number of aryl methyl sites for hydroxylation is 1. The smallest absolute Gasteiger partial charge is 0.387 e. The second kappa shape index (κ2) is 10.6. The summed E-state index contributed by atoms with van der Waals surface area (Å²) in [4.78, 5) is 14.6. The maximum Gasteiger partial charge on any atom is 0.387 e. The summed E-state index contributed by atoms with van der Waals surface area (Å²) in [6.45, 7) is -0.985. The first kappa shape index (κ1) is 25.5. The van der Waals surface area contributed by atoms with E-state index in [-0.39, 0.29) is 29.4 Å². The molecule has 0 fully saturated rings. The molecule has 1 amide bonds. The summed E-state index contributed by atoms with van der Waals surface area (Å²) >= 11 is 0. The number of para-hydroxylation sites is 1. The van der Waals surface area contributed by atoms with E-state index in [1.165, 1.54) is 43.3 Å². The van der Waals surface area contributed by atoms with Gasteiger partial charge in [0.05, 0.1) is 30.3 Å². The molecule has 0 aliphatic heterocycles. The van der Waals surface area contributed by atoms with E-state index >= 15 is 0 Å². The third-order valence-electron chi connectivity index (χ3n) is 5.82. The quantitative estimate of drug-likeness (QED) is 0.341. The second-order valence-electron chi connectivity index (χ2n) is 8.33. The van der Waals surface area contributed by atoms with Crippen LogP contribution in [0.25, 0.3) is 16.9 Å². The molecule has 4 rings (SSSR count). The van der Waals surface area contributed by atoms with Gasteiger partial charge < -0.3 is 24.6 Å². The SMILES string of the molecule is COc1cc(CN(C)C(=O)c2cc(-c3ccnn3-c3ccccc3C)c(O)cc2O)ccc1OC(F)F. The minimum Gasteiger partial charge on any atom is -0.507 e. The van der Waals surface area contributed by atoms with Crippen LogP contribution in [0.1, 0.15) is 21.5 Å². The van der Waals surface area contributed by atoms with Gasteiger partial charge in [0.15, 0.2) is 11.5 Å². The van der Waals surface area contributed by atoms with Gasteiger partial charge in [0.1, 0.15) is 11.5 Å². The van der Waals surface area contributed by atoms with E-state index in [2.05, 4.69) is 9.84 Å². The van der Waals surface area contributed by atoms with E-state index in [4.69, 9.17) is 4.74 Å². The molecule has 0 unspecified atom stereocenters. The highest BCUT2D eigenvalue weighted by molar-refractivity contribution is 5.98. The van der Waals surface area contributed by atoms with Gasteiger partial charge in [-0.1, -0.05) is 24.3 Å². The number of amides is 1. The Hall–Kier alpha value is -4.60. The highest BCUT2D eigenvalue weighted by Crippen LogP contribution is 2.37. The van der Waals surface area contributed by atoms with Crippen LogP contribution in [-0.4, -0.2) is 51.6 Å². The molecule has 4 aromatic rings. The summed E-state index contributed by atoms with van der Waals surface area (Å²) in [7, 11) is 2.85. The van der Waals surface area contributed by atoms with Gasteiger partial charge in [-0.25, -0.2) is 4.68 Å². The molecular weight excluding hydrogens is 484 g/mol. The molecule has 0 spiro atoms. The highest BCUT2D eigenvalue weighted by Gasteiger charge is 2.22. The van der Waals surface area contributed by atoms with Crippen molar-refractivity contribution in [3.05, 3.63) is 83.6 Å². The molecule has 0 atom stereocenters. The lowest BCUT2D eigenvalue weighted by atomic mass is 10.0. The lowest BCUT2D eigenvalue weighted by Gasteiger charge is -2.20. The largest absolute Gasteiger partial charge is 0.507 e. The molecule has 3 aromatic carbocycles. The van der Waals surface area contributed by atoms with Crippen LogP contribution in [0, 0.1) is 6.92 Å². The fourth-order valence-corrected chi connectivity index (χ4v) is 4.01. The average molecular weight is 510 g/mol. The lowest BCUT2D eigenvalue weighted by molar-refractivity contribution is -0.0512. The zero-order valence-corrected chi connectivity index (χ0v) is 20.4. The van der Waals surface area contributed by atoms with Gasteiger partial charge in [0.2, 0.25) is 0 Å². The predicted molar refractivity (Wildman–Crippen MR) is 132 cm³/mol. The molecule has 37 heavy (non-hydrogen) atoms.